The van der Waals surface area contributed by atoms with Gasteiger partial charge in [0.15, 0.2) is 0 Å². The Labute approximate surface area is 158 Å². The van der Waals surface area contributed by atoms with Crippen LogP contribution in [0, 0.1) is 35.5 Å². The van der Waals surface area contributed by atoms with E-state index in [-0.39, 0.29) is 18.4 Å². The van der Waals surface area contributed by atoms with Gasteiger partial charge in [-0.3, -0.25) is 14.8 Å². The molecule has 0 radical (unpaired) electrons. The zero-order chi connectivity index (χ0) is 20.0. The molecule has 1 aliphatic rings. The zero-order valence-electron chi connectivity index (χ0n) is 15.2. The van der Waals surface area contributed by atoms with Crippen molar-refractivity contribution in [3.05, 3.63) is 35.4 Å². The summed E-state index contributed by atoms with van der Waals surface area (Å²) >= 11 is 0. The highest BCUT2D eigenvalue weighted by Crippen LogP contribution is 2.36. The first kappa shape index (κ1) is 20.5. The van der Waals surface area contributed by atoms with Gasteiger partial charge in [0, 0.05) is 29.2 Å². The molecule has 1 saturated carbocycles. The molecular weight excluding hydrogens is 346 g/mol. The van der Waals surface area contributed by atoms with Gasteiger partial charge in [-0.1, -0.05) is 11.8 Å². The van der Waals surface area contributed by atoms with Gasteiger partial charge in [-0.15, -0.1) is 0 Å². The maximum Gasteiger partial charge on any atom is 0.267 e. The minimum absolute atomic E-state index is 0.165. The minimum Gasteiger partial charge on any atom is -0.396 e. The van der Waals surface area contributed by atoms with Crippen molar-refractivity contribution < 1.29 is 19.9 Å². The van der Waals surface area contributed by atoms with Crippen LogP contribution in [0.1, 0.15) is 36.2 Å². The Balaban J connectivity index is 2.00. The van der Waals surface area contributed by atoms with E-state index in [9.17, 15) is 9.59 Å². The van der Waals surface area contributed by atoms with E-state index in [1.807, 2.05) is 0 Å². The number of hydroxylamine groups is 1. The van der Waals surface area contributed by atoms with Crippen molar-refractivity contribution in [3.63, 3.8) is 0 Å². The fourth-order valence-electron chi connectivity index (χ4n) is 2.43. The summed E-state index contributed by atoms with van der Waals surface area (Å²) in [5, 5.41) is 20.3. The number of benzene rings is 1. The Morgan fingerprint density at radius 3 is 2.48 bits per heavy atom. The van der Waals surface area contributed by atoms with Crippen LogP contribution in [-0.2, 0) is 4.79 Å². The van der Waals surface area contributed by atoms with Gasteiger partial charge in [-0.05, 0) is 62.3 Å². The van der Waals surface area contributed by atoms with Gasteiger partial charge in [0.1, 0.15) is 6.04 Å². The molecule has 1 aromatic carbocycles. The number of nitrogens with one attached hydrogen (secondary N) is 2. The van der Waals surface area contributed by atoms with Crippen LogP contribution in [0.3, 0.4) is 0 Å². The molecule has 1 fully saturated rings. The molecule has 142 valence electrons. The first-order valence-corrected chi connectivity index (χ1v) is 8.52. The number of nitrogens with two attached hydrogens (primary N) is 1. The number of aliphatic hydroxyl groups excluding tert-OH is 1. The molecule has 1 aliphatic carbocycles. The number of rotatable bonds is 5. The molecule has 1 aromatic rings. The van der Waals surface area contributed by atoms with Crippen LogP contribution >= 0.6 is 0 Å². The largest absolute Gasteiger partial charge is 0.396 e. The molecule has 27 heavy (non-hydrogen) atoms. The van der Waals surface area contributed by atoms with Gasteiger partial charge < -0.3 is 16.2 Å². The summed E-state index contributed by atoms with van der Waals surface area (Å²) in [6.45, 7) is 3.30. The van der Waals surface area contributed by atoms with E-state index in [0.717, 1.165) is 6.42 Å². The molecule has 3 atom stereocenters. The van der Waals surface area contributed by atoms with Crippen molar-refractivity contribution >= 4 is 11.8 Å². The van der Waals surface area contributed by atoms with Crippen LogP contribution in [0.2, 0.25) is 0 Å². The second-order valence-electron chi connectivity index (χ2n) is 7.09. The standard InChI is InChI=1S/C20H23N3O4/c1-20(2,21)17(19(26)23-27)22-18(25)14-9-7-13(8-10-14)5-3-4-6-15-11-16(15)12-24/h7-10,15-17,24,27H,11-12,21H2,1-2H3,(H,22,25)(H,23,26)/t15?,16-,17-/m1/s1. The average Bonchev–Trinajstić information content (AvgIpc) is 3.40. The molecule has 0 aliphatic heterocycles. The molecule has 0 heterocycles. The molecule has 0 aromatic heterocycles. The highest BCUT2D eigenvalue weighted by atomic mass is 16.5. The van der Waals surface area contributed by atoms with Crippen LogP contribution in [0.25, 0.3) is 0 Å². The van der Waals surface area contributed by atoms with Crippen molar-refractivity contribution in [2.45, 2.75) is 31.8 Å². The van der Waals surface area contributed by atoms with Gasteiger partial charge in [0.05, 0.1) is 0 Å². The van der Waals surface area contributed by atoms with Gasteiger partial charge in [-0.2, -0.15) is 0 Å². The molecule has 1 unspecified atom stereocenters. The van der Waals surface area contributed by atoms with Crippen LogP contribution in [-0.4, -0.2) is 40.3 Å². The van der Waals surface area contributed by atoms with Gasteiger partial charge in [-0.25, -0.2) is 5.48 Å². The molecule has 7 nitrogen and oxygen atoms in total. The normalized spacial score (nSPS) is 18.9. The minimum atomic E-state index is -1.10. The first-order chi connectivity index (χ1) is 12.8. The molecule has 2 rings (SSSR count). The van der Waals surface area contributed by atoms with E-state index in [0.29, 0.717) is 11.1 Å². The maximum absolute atomic E-state index is 12.3. The smallest absolute Gasteiger partial charge is 0.267 e. The first-order valence-electron chi connectivity index (χ1n) is 8.52. The fourth-order valence-corrected chi connectivity index (χ4v) is 2.43. The summed E-state index contributed by atoms with van der Waals surface area (Å²) in [6, 6.07) is 5.40. The van der Waals surface area contributed by atoms with Crippen molar-refractivity contribution in [1.82, 2.24) is 10.8 Å². The van der Waals surface area contributed by atoms with E-state index in [1.54, 1.807) is 38.1 Å². The second-order valence-corrected chi connectivity index (χ2v) is 7.09. The molecule has 0 saturated heterocycles. The van der Waals surface area contributed by atoms with Crippen molar-refractivity contribution in [1.29, 1.82) is 0 Å². The number of hydrogen-bond donors (Lipinski definition) is 5. The van der Waals surface area contributed by atoms with Gasteiger partial charge >= 0.3 is 0 Å². The topological polar surface area (TPSA) is 125 Å². The summed E-state index contributed by atoms with van der Waals surface area (Å²) in [5.41, 5.74) is 7.35. The lowest BCUT2D eigenvalue weighted by Crippen LogP contribution is -2.61. The fraction of sp³-hybridized carbons (Fsp3) is 0.400. The monoisotopic (exact) mass is 369 g/mol. The highest BCUT2D eigenvalue weighted by molar-refractivity contribution is 5.97. The molecule has 6 N–H and O–H groups in total. The Kier molecular flexibility index (Phi) is 6.59. The number of aliphatic hydroxyl groups is 1. The summed E-state index contributed by atoms with van der Waals surface area (Å²) in [7, 11) is 0. The van der Waals surface area contributed by atoms with Crippen LogP contribution in [0.15, 0.2) is 24.3 Å². The zero-order valence-corrected chi connectivity index (χ0v) is 15.2. The number of carbonyl (C=O) groups excluding carboxylic acids is 2. The third-order valence-corrected chi connectivity index (χ3v) is 4.22. The highest BCUT2D eigenvalue weighted by Gasteiger charge is 2.34. The van der Waals surface area contributed by atoms with Crippen LogP contribution in [0.5, 0.6) is 0 Å². The number of amides is 2. The molecule has 0 bridgehead atoms. The Morgan fingerprint density at radius 1 is 1.30 bits per heavy atom. The summed E-state index contributed by atoms with van der Waals surface area (Å²) in [4.78, 5) is 24.0. The van der Waals surface area contributed by atoms with Crippen LogP contribution < -0.4 is 16.5 Å². The molecule has 2 amide bonds. The van der Waals surface area contributed by atoms with Crippen molar-refractivity contribution in [3.8, 4) is 23.7 Å². The van der Waals surface area contributed by atoms with E-state index in [4.69, 9.17) is 16.0 Å². The Hall–Kier alpha value is -2.84. The van der Waals surface area contributed by atoms with E-state index >= 15 is 0 Å². The summed E-state index contributed by atoms with van der Waals surface area (Å²) in [6.07, 6.45) is 0.921. The van der Waals surface area contributed by atoms with E-state index in [2.05, 4.69) is 29.0 Å². The SMILES string of the molecule is CC(C)(N)[C@H](NC(=O)c1ccc(C#CC#CC2C[C@@H]2CO)cc1)C(=O)NO. The van der Waals surface area contributed by atoms with Gasteiger partial charge in [0.25, 0.3) is 11.8 Å². The Bertz CT molecular complexity index is 819. The summed E-state index contributed by atoms with van der Waals surface area (Å²) < 4.78 is 0. The van der Waals surface area contributed by atoms with E-state index < -0.39 is 23.4 Å². The Morgan fingerprint density at radius 2 is 1.96 bits per heavy atom. The van der Waals surface area contributed by atoms with Crippen LogP contribution in [0.4, 0.5) is 0 Å². The van der Waals surface area contributed by atoms with Crippen molar-refractivity contribution in [2.75, 3.05) is 6.61 Å². The van der Waals surface area contributed by atoms with Crippen molar-refractivity contribution in [2.24, 2.45) is 17.6 Å². The number of hydrogen-bond acceptors (Lipinski definition) is 5. The number of carbonyl (C=O) groups is 2. The predicted octanol–water partition coefficient (Wildman–Crippen LogP) is 0.0110. The summed E-state index contributed by atoms with van der Waals surface area (Å²) in [5.74, 6) is 10.6. The lowest BCUT2D eigenvalue weighted by atomic mass is 9.95. The molecule has 0 spiro atoms. The lowest BCUT2D eigenvalue weighted by molar-refractivity contribution is -0.132. The average molecular weight is 369 g/mol. The quantitative estimate of drug-likeness (QED) is 0.284. The molecular formula is C20H23N3O4. The third kappa shape index (κ3) is 5.83. The second kappa shape index (κ2) is 8.70. The van der Waals surface area contributed by atoms with Gasteiger partial charge in [0.2, 0.25) is 0 Å². The lowest BCUT2D eigenvalue weighted by Gasteiger charge is -2.29. The predicted molar refractivity (Wildman–Crippen MR) is 99.2 cm³/mol. The van der Waals surface area contributed by atoms with E-state index in [1.165, 1.54) is 5.48 Å². The molecule has 7 heteroatoms. The third-order valence-electron chi connectivity index (χ3n) is 4.22. The maximum atomic E-state index is 12.3.